The zero-order valence-electron chi connectivity index (χ0n) is 16.9. The maximum absolute atomic E-state index is 13.0. The SMILES string of the molecule is C[C@@H](OCc1ccccc1)C(=O)N1C(=O)C[C@H]2CN(Cc3ccccc3)CC[C@H]21. The number of ether oxygens (including phenoxy) is 1. The van der Waals surface area contributed by atoms with Gasteiger partial charge in [0.25, 0.3) is 5.91 Å². The second-order valence-corrected chi connectivity index (χ2v) is 8.08. The first-order chi connectivity index (χ1) is 14.1. The van der Waals surface area contributed by atoms with E-state index < -0.39 is 6.10 Å². The fourth-order valence-corrected chi connectivity index (χ4v) is 4.48. The van der Waals surface area contributed by atoms with Crippen LogP contribution in [-0.4, -0.2) is 46.8 Å². The van der Waals surface area contributed by atoms with Crippen LogP contribution in [0.25, 0.3) is 0 Å². The van der Waals surface area contributed by atoms with Crippen molar-refractivity contribution in [2.75, 3.05) is 13.1 Å². The Morgan fingerprint density at radius 2 is 1.72 bits per heavy atom. The lowest BCUT2D eigenvalue weighted by Gasteiger charge is -2.37. The highest BCUT2D eigenvalue weighted by molar-refractivity contribution is 5.99. The van der Waals surface area contributed by atoms with Gasteiger partial charge in [-0.1, -0.05) is 60.7 Å². The van der Waals surface area contributed by atoms with Crippen LogP contribution < -0.4 is 0 Å². The van der Waals surface area contributed by atoms with Gasteiger partial charge < -0.3 is 4.74 Å². The third kappa shape index (κ3) is 4.57. The lowest BCUT2D eigenvalue weighted by molar-refractivity contribution is -0.153. The number of likely N-dealkylation sites (tertiary alicyclic amines) is 2. The van der Waals surface area contributed by atoms with Gasteiger partial charge in [0.15, 0.2) is 0 Å². The zero-order chi connectivity index (χ0) is 20.2. The first-order valence-corrected chi connectivity index (χ1v) is 10.4. The molecule has 0 aliphatic carbocycles. The summed E-state index contributed by atoms with van der Waals surface area (Å²) in [6.45, 7) is 4.76. The summed E-state index contributed by atoms with van der Waals surface area (Å²) in [5, 5.41) is 0. The molecule has 0 radical (unpaired) electrons. The summed E-state index contributed by atoms with van der Waals surface area (Å²) >= 11 is 0. The van der Waals surface area contributed by atoms with Gasteiger partial charge in [0, 0.05) is 38.0 Å². The van der Waals surface area contributed by atoms with Gasteiger partial charge >= 0.3 is 0 Å². The molecule has 2 aliphatic heterocycles. The molecular formula is C24H28N2O3. The molecule has 2 aromatic rings. The summed E-state index contributed by atoms with van der Waals surface area (Å²) in [6, 6.07) is 20.2. The first-order valence-electron chi connectivity index (χ1n) is 10.4. The Kier molecular flexibility index (Phi) is 6.07. The largest absolute Gasteiger partial charge is 0.364 e. The summed E-state index contributed by atoms with van der Waals surface area (Å²) in [5.74, 6) is -0.0399. The third-order valence-corrected chi connectivity index (χ3v) is 5.99. The van der Waals surface area contributed by atoms with Gasteiger partial charge in [-0.3, -0.25) is 19.4 Å². The Morgan fingerprint density at radius 3 is 2.41 bits per heavy atom. The van der Waals surface area contributed by atoms with E-state index in [-0.39, 0.29) is 23.8 Å². The number of hydrogen-bond donors (Lipinski definition) is 0. The molecule has 2 aliphatic rings. The molecule has 5 nitrogen and oxygen atoms in total. The summed E-state index contributed by atoms with van der Waals surface area (Å²) in [5.41, 5.74) is 2.30. The normalized spacial score (nSPS) is 23.1. The van der Waals surface area contributed by atoms with Gasteiger partial charge in [-0.15, -0.1) is 0 Å². The lowest BCUT2D eigenvalue weighted by Crippen LogP contribution is -2.50. The minimum atomic E-state index is -0.625. The summed E-state index contributed by atoms with van der Waals surface area (Å²) in [6.07, 6.45) is 0.660. The number of amides is 2. The molecule has 152 valence electrons. The van der Waals surface area contributed by atoms with Gasteiger partial charge in [0.05, 0.1) is 6.61 Å². The molecule has 2 aromatic carbocycles. The van der Waals surface area contributed by atoms with Crippen LogP contribution in [0.2, 0.25) is 0 Å². The Morgan fingerprint density at radius 1 is 1.07 bits per heavy atom. The van der Waals surface area contributed by atoms with E-state index in [4.69, 9.17) is 4.74 Å². The van der Waals surface area contributed by atoms with E-state index in [2.05, 4.69) is 29.2 Å². The predicted molar refractivity (Wildman–Crippen MR) is 111 cm³/mol. The standard InChI is InChI=1S/C24H28N2O3/c1-18(29-17-20-10-6-3-7-11-20)24(28)26-22-12-13-25(16-21(22)14-23(26)27)15-19-8-4-2-5-9-19/h2-11,18,21-22H,12-17H2,1H3/t18-,21+,22-/m1/s1. The Bertz CT molecular complexity index is 840. The van der Waals surface area contributed by atoms with Crippen molar-refractivity contribution in [1.82, 2.24) is 9.80 Å². The number of hydrogen-bond acceptors (Lipinski definition) is 4. The molecule has 0 spiro atoms. The van der Waals surface area contributed by atoms with Crippen molar-refractivity contribution < 1.29 is 14.3 Å². The van der Waals surface area contributed by atoms with Gasteiger partial charge in [-0.2, -0.15) is 0 Å². The molecule has 0 N–H and O–H groups in total. The number of fused-ring (bicyclic) bond motifs is 1. The third-order valence-electron chi connectivity index (χ3n) is 5.99. The number of benzene rings is 2. The van der Waals surface area contributed by atoms with E-state index in [0.717, 1.165) is 31.6 Å². The maximum atomic E-state index is 13.0. The van der Waals surface area contributed by atoms with E-state index in [9.17, 15) is 9.59 Å². The van der Waals surface area contributed by atoms with E-state index in [1.54, 1.807) is 6.92 Å². The van der Waals surface area contributed by atoms with Crippen LogP contribution in [0.15, 0.2) is 60.7 Å². The van der Waals surface area contributed by atoms with Crippen LogP contribution in [0, 0.1) is 5.92 Å². The van der Waals surface area contributed by atoms with Crippen LogP contribution >= 0.6 is 0 Å². The summed E-state index contributed by atoms with van der Waals surface area (Å²) in [7, 11) is 0. The fraction of sp³-hybridized carbons (Fsp3) is 0.417. The second-order valence-electron chi connectivity index (χ2n) is 8.08. The molecular weight excluding hydrogens is 364 g/mol. The maximum Gasteiger partial charge on any atom is 0.258 e. The monoisotopic (exact) mass is 392 g/mol. The van der Waals surface area contributed by atoms with Gasteiger partial charge in [-0.25, -0.2) is 0 Å². The summed E-state index contributed by atoms with van der Waals surface area (Å²) < 4.78 is 5.78. The Labute approximate surface area is 172 Å². The highest BCUT2D eigenvalue weighted by Crippen LogP contribution is 2.33. The molecule has 3 atom stereocenters. The number of carbonyl (C=O) groups excluding carboxylic acids is 2. The molecule has 5 heteroatoms. The fourth-order valence-electron chi connectivity index (χ4n) is 4.48. The van der Waals surface area contributed by atoms with Crippen molar-refractivity contribution in [3.05, 3.63) is 71.8 Å². The molecule has 2 fully saturated rings. The van der Waals surface area contributed by atoms with Gasteiger partial charge in [0.2, 0.25) is 5.91 Å². The molecule has 0 saturated carbocycles. The van der Waals surface area contributed by atoms with Gasteiger partial charge in [-0.05, 0) is 24.5 Å². The van der Waals surface area contributed by atoms with Crippen molar-refractivity contribution in [2.45, 2.75) is 45.1 Å². The molecule has 2 amide bonds. The Hall–Kier alpha value is -2.50. The van der Waals surface area contributed by atoms with Crippen molar-refractivity contribution >= 4 is 11.8 Å². The van der Waals surface area contributed by atoms with Crippen LogP contribution in [0.1, 0.15) is 30.9 Å². The molecule has 0 unspecified atom stereocenters. The van der Waals surface area contributed by atoms with Gasteiger partial charge in [0.1, 0.15) is 6.10 Å². The minimum Gasteiger partial charge on any atom is -0.364 e. The van der Waals surface area contributed by atoms with E-state index in [1.807, 2.05) is 36.4 Å². The number of rotatable bonds is 6. The van der Waals surface area contributed by atoms with Crippen molar-refractivity contribution in [3.63, 3.8) is 0 Å². The number of carbonyl (C=O) groups is 2. The van der Waals surface area contributed by atoms with Crippen molar-refractivity contribution in [2.24, 2.45) is 5.92 Å². The molecule has 29 heavy (non-hydrogen) atoms. The number of piperidine rings is 1. The minimum absolute atomic E-state index is 0.00444. The molecule has 4 rings (SSSR count). The first kappa shape index (κ1) is 19.8. The lowest BCUT2D eigenvalue weighted by atomic mass is 9.92. The molecule has 2 heterocycles. The number of imide groups is 1. The summed E-state index contributed by atoms with van der Waals surface area (Å²) in [4.78, 5) is 29.5. The predicted octanol–water partition coefficient (Wildman–Crippen LogP) is 3.24. The smallest absolute Gasteiger partial charge is 0.258 e. The second kappa shape index (κ2) is 8.89. The van der Waals surface area contributed by atoms with Crippen molar-refractivity contribution in [3.8, 4) is 0 Å². The van der Waals surface area contributed by atoms with Crippen LogP contribution in [-0.2, 0) is 27.5 Å². The molecule has 2 saturated heterocycles. The average molecular weight is 392 g/mol. The van der Waals surface area contributed by atoms with E-state index in [1.165, 1.54) is 10.5 Å². The van der Waals surface area contributed by atoms with Crippen molar-refractivity contribution in [1.29, 1.82) is 0 Å². The molecule has 0 aromatic heterocycles. The van der Waals surface area contributed by atoms with Crippen LogP contribution in [0.4, 0.5) is 0 Å². The average Bonchev–Trinajstić information content (AvgIpc) is 3.07. The van der Waals surface area contributed by atoms with Crippen LogP contribution in [0.3, 0.4) is 0 Å². The quantitative estimate of drug-likeness (QED) is 0.757. The highest BCUT2D eigenvalue weighted by atomic mass is 16.5. The topological polar surface area (TPSA) is 49.9 Å². The van der Waals surface area contributed by atoms with E-state index in [0.29, 0.717) is 13.0 Å². The Balaban J connectivity index is 1.34. The van der Waals surface area contributed by atoms with E-state index >= 15 is 0 Å². The number of nitrogens with zero attached hydrogens (tertiary/aromatic N) is 2. The van der Waals surface area contributed by atoms with Crippen LogP contribution in [0.5, 0.6) is 0 Å². The molecule has 0 bridgehead atoms. The zero-order valence-corrected chi connectivity index (χ0v) is 16.9. The highest BCUT2D eigenvalue weighted by Gasteiger charge is 2.46.